The number of ether oxygens (including phenoxy) is 3. The first-order chi connectivity index (χ1) is 11.1. The van der Waals surface area contributed by atoms with Crippen LogP contribution in [0.2, 0.25) is 0 Å². The molecule has 23 heavy (non-hydrogen) atoms. The number of carbonyl (C=O) groups is 2. The van der Waals surface area contributed by atoms with E-state index >= 15 is 0 Å². The van der Waals surface area contributed by atoms with Gasteiger partial charge in [0.2, 0.25) is 0 Å². The third-order valence-electron chi connectivity index (χ3n) is 3.23. The van der Waals surface area contributed by atoms with Crippen LogP contribution in [0.25, 0.3) is 0 Å². The largest absolute Gasteiger partial charge is 0.497 e. The zero-order valence-corrected chi connectivity index (χ0v) is 13.1. The highest BCUT2D eigenvalue weighted by atomic mass is 16.5. The quantitative estimate of drug-likeness (QED) is 0.859. The molecule has 0 fully saturated rings. The number of amides is 1. The Hall–Kier alpha value is -3.02. The number of methoxy groups -OCH3 is 3. The molecule has 0 saturated heterocycles. The van der Waals surface area contributed by atoms with Crippen molar-refractivity contribution in [3.8, 4) is 11.5 Å². The summed E-state index contributed by atoms with van der Waals surface area (Å²) in [5.74, 6) is -0.0216. The molecule has 0 atom stereocenters. The summed E-state index contributed by atoms with van der Waals surface area (Å²) in [4.78, 5) is 24.3. The number of nitrogens with one attached hydrogen (secondary N) is 1. The van der Waals surface area contributed by atoms with Crippen molar-refractivity contribution in [2.45, 2.75) is 0 Å². The molecule has 0 aliphatic carbocycles. The van der Waals surface area contributed by atoms with Gasteiger partial charge in [0, 0.05) is 0 Å². The van der Waals surface area contributed by atoms with Gasteiger partial charge in [0.25, 0.3) is 5.91 Å². The van der Waals surface area contributed by atoms with Crippen LogP contribution in [-0.4, -0.2) is 33.2 Å². The van der Waals surface area contributed by atoms with Gasteiger partial charge in [-0.25, -0.2) is 4.79 Å². The summed E-state index contributed by atoms with van der Waals surface area (Å²) in [6.07, 6.45) is 0. The predicted octanol–water partition coefficient (Wildman–Crippen LogP) is 2.74. The van der Waals surface area contributed by atoms with Gasteiger partial charge in [-0.05, 0) is 30.3 Å². The zero-order chi connectivity index (χ0) is 16.8. The molecule has 0 aliphatic rings. The lowest BCUT2D eigenvalue weighted by Crippen LogP contribution is -2.16. The van der Waals surface area contributed by atoms with Crippen LogP contribution in [0.5, 0.6) is 11.5 Å². The number of carbonyl (C=O) groups excluding carboxylic acids is 2. The lowest BCUT2D eigenvalue weighted by Gasteiger charge is -2.12. The van der Waals surface area contributed by atoms with Crippen molar-refractivity contribution >= 4 is 17.6 Å². The summed E-state index contributed by atoms with van der Waals surface area (Å²) in [5.41, 5.74) is 0.922. The second kappa shape index (κ2) is 7.31. The van der Waals surface area contributed by atoms with Gasteiger partial charge in [-0.1, -0.05) is 12.1 Å². The van der Waals surface area contributed by atoms with Crippen LogP contribution < -0.4 is 14.8 Å². The van der Waals surface area contributed by atoms with E-state index in [0.717, 1.165) is 0 Å². The third-order valence-corrected chi connectivity index (χ3v) is 3.23. The van der Waals surface area contributed by atoms with Crippen LogP contribution in [0, 0.1) is 0 Å². The van der Waals surface area contributed by atoms with Crippen molar-refractivity contribution < 1.29 is 23.8 Å². The first-order valence-corrected chi connectivity index (χ1v) is 6.81. The van der Waals surface area contributed by atoms with E-state index in [1.165, 1.54) is 21.3 Å². The minimum atomic E-state index is -0.529. The molecule has 0 spiro atoms. The SMILES string of the molecule is COC(=O)c1ccccc1NC(=O)c1cc(OC)ccc1OC. The van der Waals surface area contributed by atoms with E-state index in [9.17, 15) is 9.59 Å². The minimum Gasteiger partial charge on any atom is -0.497 e. The van der Waals surface area contributed by atoms with Crippen LogP contribution in [0.3, 0.4) is 0 Å². The maximum absolute atomic E-state index is 12.5. The summed E-state index contributed by atoms with van der Waals surface area (Å²) in [5, 5.41) is 2.69. The molecular weight excluding hydrogens is 298 g/mol. The van der Waals surface area contributed by atoms with Crippen molar-refractivity contribution in [1.82, 2.24) is 0 Å². The maximum Gasteiger partial charge on any atom is 0.339 e. The van der Waals surface area contributed by atoms with Gasteiger partial charge in [-0.3, -0.25) is 4.79 Å². The Morgan fingerprint density at radius 3 is 2.30 bits per heavy atom. The molecule has 0 radical (unpaired) electrons. The number of para-hydroxylation sites is 1. The normalized spacial score (nSPS) is 9.87. The number of esters is 1. The molecule has 0 heterocycles. The van der Waals surface area contributed by atoms with Gasteiger partial charge in [0.1, 0.15) is 11.5 Å². The fourth-order valence-electron chi connectivity index (χ4n) is 2.06. The van der Waals surface area contributed by atoms with Crippen LogP contribution in [0.4, 0.5) is 5.69 Å². The first-order valence-electron chi connectivity index (χ1n) is 6.81. The smallest absolute Gasteiger partial charge is 0.339 e. The van der Waals surface area contributed by atoms with E-state index in [0.29, 0.717) is 22.7 Å². The first kappa shape index (κ1) is 16.4. The van der Waals surface area contributed by atoms with E-state index in [1.807, 2.05) is 0 Å². The van der Waals surface area contributed by atoms with Crippen molar-refractivity contribution in [2.75, 3.05) is 26.6 Å². The zero-order valence-electron chi connectivity index (χ0n) is 13.1. The summed E-state index contributed by atoms with van der Waals surface area (Å²) in [6.45, 7) is 0. The second-order valence-electron chi connectivity index (χ2n) is 4.56. The third kappa shape index (κ3) is 3.60. The van der Waals surface area contributed by atoms with Crippen LogP contribution in [0.15, 0.2) is 42.5 Å². The Morgan fingerprint density at radius 2 is 1.65 bits per heavy atom. The predicted molar refractivity (Wildman–Crippen MR) is 85.3 cm³/mol. The molecule has 6 nitrogen and oxygen atoms in total. The van der Waals surface area contributed by atoms with Gasteiger partial charge < -0.3 is 19.5 Å². The van der Waals surface area contributed by atoms with Crippen molar-refractivity contribution in [3.63, 3.8) is 0 Å². The lowest BCUT2D eigenvalue weighted by molar-refractivity contribution is 0.0602. The number of benzene rings is 2. The van der Waals surface area contributed by atoms with Crippen LogP contribution in [0.1, 0.15) is 20.7 Å². The average molecular weight is 315 g/mol. The molecule has 2 rings (SSSR count). The molecule has 0 bridgehead atoms. The maximum atomic E-state index is 12.5. The van der Waals surface area contributed by atoms with Crippen molar-refractivity contribution in [3.05, 3.63) is 53.6 Å². The summed E-state index contributed by atoms with van der Waals surface area (Å²) in [6, 6.07) is 11.5. The number of rotatable bonds is 5. The molecule has 0 saturated carbocycles. The highest BCUT2D eigenvalue weighted by molar-refractivity contribution is 6.09. The highest BCUT2D eigenvalue weighted by Gasteiger charge is 2.17. The Kier molecular flexibility index (Phi) is 5.19. The Bertz CT molecular complexity index is 727. The monoisotopic (exact) mass is 315 g/mol. The lowest BCUT2D eigenvalue weighted by atomic mass is 10.1. The van der Waals surface area contributed by atoms with Gasteiger partial charge >= 0.3 is 5.97 Å². The van der Waals surface area contributed by atoms with E-state index in [1.54, 1.807) is 42.5 Å². The summed E-state index contributed by atoms with van der Waals surface area (Å²) < 4.78 is 15.0. The number of hydrogen-bond acceptors (Lipinski definition) is 5. The van der Waals surface area contributed by atoms with Crippen molar-refractivity contribution in [1.29, 1.82) is 0 Å². The Balaban J connectivity index is 2.35. The van der Waals surface area contributed by atoms with Gasteiger partial charge in [0.15, 0.2) is 0 Å². The molecule has 0 aliphatic heterocycles. The fraction of sp³-hybridized carbons (Fsp3) is 0.176. The topological polar surface area (TPSA) is 73.9 Å². The van der Waals surface area contributed by atoms with E-state index in [-0.39, 0.29) is 5.56 Å². The molecule has 1 amide bonds. The summed E-state index contributed by atoms with van der Waals surface area (Å²) >= 11 is 0. The van der Waals surface area contributed by atoms with Gasteiger partial charge in [-0.15, -0.1) is 0 Å². The van der Waals surface area contributed by atoms with E-state index in [2.05, 4.69) is 5.32 Å². The molecular formula is C17H17NO5. The molecule has 6 heteroatoms. The number of anilines is 1. The van der Waals surface area contributed by atoms with Gasteiger partial charge in [0.05, 0.1) is 38.1 Å². The summed E-state index contributed by atoms with van der Waals surface area (Å²) in [7, 11) is 4.27. The van der Waals surface area contributed by atoms with E-state index in [4.69, 9.17) is 14.2 Å². The molecule has 2 aromatic rings. The molecule has 120 valence electrons. The van der Waals surface area contributed by atoms with Crippen molar-refractivity contribution in [2.24, 2.45) is 0 Å². The molecule has 2 aromatic carbocycles. The van der Waals surface area contributed by atoms with Crippen LogP contribution in [-0.2, 0) is 4.74 Å². The van der Waals surface area contributed by atoms with Gasteiger partial charge in [-0.2, -0.15) is 0 Å². The fourth-order valence-corrected chi connectivity index (χ4v) is 2.06. The number of hydrogen-bond donors (Lipinski definition) is 1. The second-order valence-corrected chi connectivity index (χ2v) is 4.56. The molecule has 0 aromatic heterocycles. The Labute approximate surface area is 134 Å². The standard InChI is InChI=1S/C17H17NO5/c1-21-11-8-9-15(22-2)13(10-11)16(19)18-14-7-5-4-6-12(14)17(20)23-3/h4-10H,1-3H3,(H,18,19). The van der Waals surface area contributed by atoms with E-state index < -0.39 is 11.9 Å². The highest BCUT2D eigenvalue weighted by Crippen LogP contribution is 2.25. The van der Waals surface area contributed by atoms with Crippen LogP contribution >= 0.6 is 0 Å². The molecule has 0 unspecified atom stereocenters. The average Bonchev–Trinajstić information content (AvgIpc) is 2.60. The minimum absolute atomic E-state index is 0.269. The molecule has 1 N–H and O–H groups in total. The Morgan fingerprint density at radius 1 is 0.913 bits per heavy atom.